The summed E-state index contributed by atoms with van der Waals surface area (Å²) in [6, 6.07) is 3.34. The average molecular weight is 217 g/mol. The standard InChI is InChI=1S/C10H13ClO3/c1-6-3-10(14-2)7(4-8(6)11)9(13)5-12/h3-4,9,12-13H,5H2,1-2H3. The van der Waals surface area contributed by atoms with Crippen LogP contribution in [0.2, 0.25) is 5.02 Å². The first-order valence-electron chi connectivity index (χ1n) is 4.23. The van der Waals surface area contributed by atoms with Crippen molar-refractivity contribution in [2.75, 3.05) is 13.7 Å². The maximum Gasteiger partial charge on any atom is 0.125 e. The molecule has 0 spiro atoms. The molecule has 1 aromatic rings. The van der Waals surface area contributed by atoms with Crippen LogP contribution in [0.3, 0.4) is 0 Å². The number of hydrogen-bond donors (Lipinski definition) is 2. The monoisotopic (exact) mass is 216 g/mol. The molecular formula is C10H13ClO3. The van der Waals surface area contributed by atoms with Crippen molar-refractivity contribution in [3.63, 3.8) is 0 Å². The van der Waals surface area contributed by atoms with E-state index in [4.69, 9.17) is 21.4 Å². The molecule has 1 atom stereocenters. The smallest absolute Gasteiger partial charge is 0.125 e. The van der Waals surface area contributed by atoms with Gasteiger partial charge in [-0.2, -0.15) is 0 Å². The first-order valence-corrected chi connectivity index (χ1v) is 4.61. The lowest BCUT2D eigenvalue weighted by atomic mass is 10.1. The topological polar surface area (TPSA) is 49.7 Å². The zero-order valence-electron chi connectivity index (χ0n) is 8.12. The fraction of sp³-hybridized carbons (Fsp3) is 0.400. The third kappa shape index (κ3) is 2.18. The second-order valence-corrected chi connectivity index (χ2v) is 3.45. The van der Waals surface area contributed by atoms with Crippen LogP contribution in [0.4, 0.5) is 0 Å². The third-order valence-corrected chi connectivity index (χ3v) is 2.45. The highest BCUT2D eigenvalue weighted by Gasteiger charge is 2.14. The van der Waals surface area contributed by atoms with E-state index in [2.05, 4.69) is 0 Å². The molecule has 1 aromatic carbocycles. The lowest BCUT2D eigenvalue weighted by Gasteiger charge is -2.14. The molecule has 4 heteroatoms. The van der Waals surface area contributed by atoms with Crippen molar-refractivity contribution in [1.29, 1.82) is 0 Å². The molecule has 0 bridgehead atoms. The van der Waals surface area contributed by atoms with E-state index in [1.165, 1.54) is 7.11 Å². The van der Waals surface area contributed by atoms with E-state index in [-0.39, 0.29) is 6.61 Å². The van der Waals surface area contributed by atoms with E-state index in [1.54, 1.807) is 12.1 Å². The Labute approximate surface area is 87.9 Å². The number of halogens is 1. The van der Waals surface area contributed by atoms with E-state index in [9.17, 15) is 5.11 Å². The van der Waals surface area contributed by atoms with Crippen molar-refractivity contribution in [2.45, 2.75) is 13.0 Å². The van der Waals surface area contributed by atoms with Crippen LogP contribution in [0.5, 0.6) is 5.75 Å². The molecular weight excluding hydrogens is 204 g/mol. The van der Waals surface area contributed by atoms with Crippen molar-refractivity contribution in [3.05, 3.63) is 28.3 Å². The molecule has 1 rings (SSSR count). The minimum absolute atomic E-state index is 0.351. The number of methoxy groups -OCH3 is 1. The molecule has 1 unspecified atom stereocenters. The number of benzene rings is 1. The Hall–Kier alpha value is -0.770. The molecule has 0 aliphatic carbocycles. The summed E-state index contributed by atoms with van der Waals surface area (Å²) in [5.74, 6) is 0.536. The number of aliphatic hydroxyl groups excluding tert-OH is 2. The van der Waals surface area contributed by atoms with Gasteiger partial charge in [-0.3, -0.25) is 0 Å². The summed E-state index contributed by atoms with van der Waals surface area (Å²) in [5, 5.41) is 18.8. The number of aliphatic hydroxyl groups is 2. The molecule has 3 nitrogen and oxygen atoms in total. The molecule has 0 aliphatic heterocycles. The highest BCUT2D eigenvalue weighted by Crippen LogP contribution is 2.30. The normalized spacial score (nSPS) is 12.6. The van der Waals surface area contributed by atoms with Gasteiger partial charge in [-0.05, 0) is 24.6 Å². The molecule has 0 heterocycles. The number of aryl methyl sites for hydroxylation is 1. The third-order valence-electron chi connectivity index (χ3n) is 2.04. The SMILES string of the molecule is COc1cc(C)c(Cl)cc1C(O)CO. The minimum Gasteiger partial charge on any atom is -0.496 e. The van der Waals surface area contributed by atoms with Gasteiger partial charge in [0.2, 0.25) is 0 Å². The Morgan fingerprint density at radius 1 is 1.50 bits per heavy atom. The summed E-state index contributed by atoms with van der Waals surface area (Å²) in [6.45, 7) is 1.50. The summed E-state index contributed by atoms with van der Waals surface area (Å²) >= 11 is 5.90. The largest absolute Gasteiger partial charge is 0.496 e. The van der Waals surface area contributed by atoms with Crippen molar-refractivity contribution in [2.24, 2.45) is 0 Å². The highest BCUT2D eigenvalue weighted by atomic mass is 35.5. The van der Waals surface area contributed by atoms with Crippen LogP contribution in [0.25, 0.3) is 0 Å². The lowest BCUT2D eigenvalue weighted by molar-refractivity contribution is 0.0933. The van der Waals surface area contributed by atoms with Gasteiger partial charge >= 0.3 is 0 Å². The Balaban J connectivity index is 3.19. The number of hydrogen-bond acceptors (Lipinski definition) is 3. The van der Waals surface area contributed by atoms with Crippen LogP contribution in [0.1, 0.15) is 17.2 Å². The van der Waals surface area contributed by atoms with Crippen LogP contribution in [-0.4, -0.2) is 23.9 Å². The van der Waals surface area contributed by atoms with Gasteiger partial charge in [0.05, 0.1) is 13.7 Å². The molecule has 0 aliphatic rings. The summed E-state index contributed by atoms with van der Waals surface area (Å²) in [7, 11) is 1.51. The van der Waals surface area contributed by atoms with Gasteiger partial charge in [-0.15, -0.1) is 0 Å². The van der Waals surface area contributed by atoms with E-state index >= 15 is 0 Å². The Bertz CT molecular complexity index is 325. The maximum absolute atomic E-state index is 9.47. The number of ether oxygens (including phenoxy) is 1. The average Bonchev–Trinajstić information content (AvgIpc) is 2.20. The summed E-state index contributed by atoms with van der Waals surface area (Å²) < 4.78 is 5.07. The second-order valence-electron chi connectivity index (χ2n) is 3.04. The van der Waals surface area contributed by atoms with Gasteiger partial charge in [-0.25, -0.2) is 0 Å². The first kappa shape index (κ1) is 11.3. The quantitative estimate of drug-likeness (QED) is 0.809. The Morgan fingerprint density at radius 3 is 2.64 bits per heavy atom. The van der Waals surface area contributed by atoms with E-state index in [0.717, 1.165) is 5.56 Å². The van der Waals surface area contributed by atoms with Crippen molar-refractivity contribution >= 4 is 11.6 Å². The van der Waals surface area contributed by atoms with Crippen LogP contribution < -0.4 is 4.74 Å². The molecule has 2 N–H and O–H groups in total. The van der Waals surface area contributed by atoms with E-state index < -0.39 is 6.10 Å². The van der Waals surface area contributed by atoms with Gasteiger partial charge in [-0.1, -0.05) is 11.6 Å². The Morgan fingerprint density at radius 2 is 2.14 bits per heavy atom. The molecule has 0 saturated carbocycles. The Kier molecular flexibility index (Phi) is 3.75. The van der Waals surface area contributed by atoms with Crippen LogP contribution in [-0.2, 0) is 0 Å². The highest BCUT2D eigenvalue weighted by molar-refractivity contribution is 6.31. The predicted molar refractivity (Wildman–Crippen MR) is 54.8 cm³/mol. The van der Waals surface area contributed by atoms with Gasteiger partial charge in [0, 0.05) is 10.6 Å². The van der Waals surface area contributed by atoms with Crippen molar-refractivity contribution in [3.8, 4) is 5.75 Å². The molecule has 78 valence electrons. The second kappa shape index (κ2) is 4.64. The van der Waals surface area contributed by atoms with Gasteiger partial charge < -0.3 is 14.9 Å². The maximum atomic E-state index is 9.47. The first-order chi connectivity index (χ1) is 6.60. The molecule has 0 amide bonds. The fourth-order valence-electron chi connectivity index (χ4n) is 1.21. The van der Waals surface area contributed by atoms with E-state index in [1.807, 2.05) is 6.92 Å². The fourth-order valence-corrected chi connectivity index (χ4v) is 1.38. The molecule has 14 heavy (non-hydrogen) atoms. The molecule has 0 aromatic heterocycles. The predicted octanol–water partition coefficient (Wildman–Crippen LogP) is 1.68. The molecule has 0 fully saturated rings. The zero-order valence-corrected chi connectivity index (χ0v) is 8.88. The van der Waals surface area contributed by atoms with Gasteiger partial charge in [0.15, 0.2) is 0 Å². The summed E-state index contributed by atoms with van der Waals surface area (Å²) in [5.41, 5.74) is 1.38. The van der Waals surface area contributed by atoms with Gasteiger partial charge in [0.1, 0.15) is 11.9 Å². The number of rotatable bonds is 3. The molecule has 0 radical (unpaired) electrons. The van der Waals surface area contributed by atoms with Crippen molar-refractivity contribution in [1.82, 2.24) is 0 Å². The van der Waals surface area contributed by atoms with Crippen LogP contribution >= 0.6 is 11.6 Å². The summed E-state index contributed by atoms with van der Waals surface area (Å²) in [6.07, 6.45) is -0.956. The zero-order chi connectivity index (χ0) is 10.7. The lowest BCUT2D eigenvalue weighted by Crippen LogP contribution is -2.05. The summed E-state index contributed by atoms with van der Waals surface area (Å²) in [4.78, 5) is 0. The van der Waals surface area contributed by atoms with E-state index in [0.29, 0.717) is 16.3 Å². The van der Waals surface area contributed by atoms with Gasteiger partial charge in [0.25, 0.3) is 0 Å². The van der Waals surface area contributed by atoms with Crippen LogP contribution in [0, 0.1) is 6.92 Å². The van der Waals surface area contributed by atoms with Crippen LogP contribution in [0.15, 0.2) is 12.1 Å². The van der Waals surface area contributed by atoms with Crippen molar-refractivity contribution < 1.29 is 14.9 Å². The molecule has 0 saturated heterocycles. The minimum atomic E-state index is -0.956.